The van der Waals surface area contributed by atoms with Gasteiger partial charge in [0, 0.05) is 31.0 Å². The Hall–Kier alpha value is -2.73. The van der Waals surface area contributed by atoms with Crippen molar-refractivity contribution < 1.29 is 14.8 Å². The van der Waals surface area contributed by atoms with Gasteiger partial charge in [0.1, 0.15) is 0 Å². The van der Waals surface area contributed by atoms with Gasteiger partial charge in [0.15, 0.2) is 0 Å². The van der Waals surface area contributed by atoms with Crippen molar-refractivity contribution in [2.75, 3.05) is 6.54 Å². The average Bonchev–Trinajstić information content (AvgIpc) is 2.97. The normalized spacial score (nSPS) is 21.7. The molecule has 2 N–H and O–H groups in total. The Kier molecular flexibility index (Phi) is 4.20. The number of pyridine rings is 1. The second-order valence-electron chi connectivity index (χ2n) is 7.21. The van der Waals surface area contributed by atoms with Gasteiger partial charge in [0.2, 0.25) is 5.91 Å². The Balaban J connectivity index is 1.52. The van der Waals surface area contributed by atoms with E-state index < -0.39 is 5.91 Å². The Morgan fingerprint density at radius 1 is 1.19 bits per heavy atom. The zero-order chi connectivity index (χ0) is 18.1. The number of likely N-dealkylation sites (tertiary alicyclic amines) is 1. The molecule has 2 amide bonds. The van der Waals surface area contributed by atoms with Crippen LogP contribution in [0.15, 0.2) is 42.7 Å². The molecule has 1 aromatic heterocycles. The summed E-state index contributed by atoms with van der Waals surface area (Å²) in [4.78, 5) is 30.7. The monoisotopic (exact) mass is 351 g/mol. The van der Waals surface area contributed by atoms with Gasteiger partial charge in [-0.25, -0.2) is 5.48 Å². The van der Waals surface area contributed by atoms with Crippen LogP contribution in [0.3, 0.4) is 0 Å². The van der Waals surface area contributed by atoms with E-state index in [1.807, 2.05) is 29.2 Å². The Morgan fingerprint density at radius 2 is 2.00 bits per heavy atom. The van der Waals surface area contributed by atoms with Gasteiger partial charge < -0.3 is 4.90 Å². The average molecular weight is 351 g/mol. The highest BCUT2D eigenvalue weighted by atomic mass is 16.5. The first-order chi connectivity index (χ1) is 12.6. The summed E-state index contributed by atoms with van der Waals surface area (Å²) in [6.45, 7) is 1.41. The summed E-state index contributed by atoms with van der Waals surface area (Å²) in [7, 11) is 0. The van der Waals surface area contributed by atoms with E-state index in [1.165, 1.54) is 0 Å². The van der Waals surface area contributed by atoms with Gasteiger partial charge in [-0.3, -0.25) is 19.8 Å². The summed E-state index contributed by atoms with van der Waals surface area (Å²) >= 11 is 0. The van der Waals surface area contributed by atoms with Gasteiger partial charge in [-0.2, -0.15) is 0 Å². The van der Waals surface area contributed by atoms with Crippen LogP contribution in [0.1, 0.15) is 39.9 Å². The number of aryl methyl sites for hydroxylation is 1. The highest BCUT2D eigenvalue weighted by molar-refractivity contribution is 5.93. The number of carbonyl (C=O) groups excluding carboxylic acids is 2. The SMILES string of the molecule is O=C(NO)c1ccc2c(c1)CC[C@]1(CCN(Cc3ccncc3)C1=O)C2. The van der Waals surface area contributed by atoms with Crippen LogP contribution in [0.4, 0.5) is 0 Å². The fourth-order valence-corrected chi connectivity index (χ4v) is 4.21. The molecule has 1 spiro atoms. The van der Waals surface area contributed by atoms with Crippen molar-refractivity contribution in [3.63, 3.8) is 0 Å². The van der Waals surface area contributed by atoms with Gasteiger partial charge in [0.25, 0.3) is 5.91 Å². The van der Waals surface area contributed by atoms with Crippen LogP contribution in [-0.2, 0) is 24.2 Å². The lowest BCUT2D eigenvalue weighted by Gasteiger charge is -2.33. The zero-order valence-corrected chi connectivity index (χ0v) is 14.4. The molecule has 6 heteroatoms. The lowest BCUT2D eigenvalue weighted by atomic mass is 9.70. The molecule has 2 aliphatic rings. The number of nitrogens with one attached hydrogen (secondary N) is 1. The number of hydrogen-bond donors (Lipinski definition) is 2. The third-order valence-corrected chi connectivity index (χ3v) is 5.70. The topological polar surface area (TPSA) is 82.5 Å². The van der Waals surface area contributed by atoms with Crippen LogP contribution in [-0.4, -0.2) is 33.5 Å². The molecule has 134 valence electrons. The molecule has 4 rings (SSSR count). The molecule has 1 saturated heterocycles. The fraction of sp³-hybridized carbons (Fsp3) is 0.350. The van der Waals surface area contributed by atoms with Crippen LogP contribution in [0.5, 0.6) is 0 Å². The van der Waals surface area contributed by atoms with E-state index in [0.29, 0.717) is 12.1 Å². The number of aromatic nitrogens is 1. The maximum Gasteiger partial charge on any atom is 0.274 e. The van der Waals surface area contributed by atoms with Crippen LogP contribution in [0.25, 0.3) is 0 Å². The highest BCUT2D eigenvalue weighted by Gasteiger charge is 2.47. The largest absolute Gasteiger partial charge is 0.338 e. The molecular formula is C20H21N3O3. The van der Waals surface area contributed by atoms with Crippen LogP contribution in [0.2, 0.25) is 0 Å². The predicted octanol–water partition coefficient (Wildman–Crippen LogP) is 2.11. The maximum absolute atomic E-state index is 13.1. The molecule has 2 heterocycles. The molecule has 0 radical (unpaired) electrons. The molecule has 1 atom stereocenters. The predicted molar refractivity (Wildman–Crippen MR) is 94.4 cm³/mol. The third kappa shape index (κ3) is 2.86. The van der Waals surface area contributed by atoms with Crippen molar-refractivity contribution in [2.45, 2.75) is 32.2 Å². The van der Waals surface area contributed by atoms with Crippen molar-refractivity contribution in [3.05, 3.63) is 65.0 Å². The first kappa shape index (κ1) is 16.7. The summed E-state index contributed by atoms with van der Waals surface area (Å²) in [6, 6.07) is 9.34. The number of rotatable bonds is 3. The lowest BCUT2D eigenvalue weighted by molar-refractivity contribution is -0.137. The summed E-state index contributed by atoms with van der Waals surface area (Å²) in [5, 5.41) is 8.79. The minimum absolute atomic E-state index is 0.233. The molecule has 1 fully saturated rings. The number of hydroxylamine groups is 1. The van der Waals surface area contributed by atoms with Crippen LogP contribution >= 0.6 is 0 Å². The summed E-state index contributed by atoms with van der Waals surface area (Å²) in [5.74, 6) is -0.273. The number of fused-ring (bicyclic) bond motifs is 1. The molecule has 6 nitrogen and oxygen atoms in total. The van der Waals surface area contributed by atoms with Crippen molar-refractivity contribution in [1.29, 1.82) is 0 Å². The fourth-order valence-electron chi connectivity index (χ4n) is 4.21. The number of hydrogen-bond acceptors (Lipinski definition) is 4. The first-order valence-electron chi connectivity index (χ1n) is 8.86. The van der Waals surface area contributed by atoms with E-state index in [9.17, 15) is 9.59 Å². The zero-order valence-electron chi connectivity index (χ0n) is 14.4. The van der Waals surface area contributed by atoms with Crippen LogP contribution < -0.4 is 5.48 Å². The molecule has 0 saturated carbocycles. The smallest absolute Gasteiger partial charge is 0.274 e. The quantitative estimate of drug-likeness (QED) is 0.655. The van der Waals surface area contributed by atoms with E-state index in [1.54, 1.807) is 23.9 Å². The van der Waals surface area contributed by atoms with E-state index in [2.05, 4.69) is 4.98 Å². The van der Waals surface area contributed by atoms with Gasteiger partial charge in [-0.15, -0.1) is 0 Å². The number of benzene rings is 1. The van der Waals surface area contributed by atoms with Crippen molar-refractivity contribution >= 4 is 11.8 Å². The number of carbonyl (C=O) groups is 2. The maximum atomic E-state index is 13.1. The van der Waals surface area contributed by atoms with E-state index in [0.717, 1.165) is 48.9 Å². The Bertz CT molecular complexity index is 853. The number of amides is 2. The summed E-state index contributed by atoms with van der Waals surface area (Å²) in [6.07, 6.45) is 6.67. The van der Waals surface area contributed by atoms with Crippen molar-refractivity contribution in [3.8, 4) is 0 Å². The Labute approximate surface area is 151 Å². The van der Waals surface area contributed by atoms with Gasteiger partial charge >= 0.3 is 0 Å². The first-order valence-corrected chi connectivity index (χ1v) is 8.86. The third-order valence-electron chi connectivity index (χ3n) is 5.70. The molecule has 0 unspecified atom stereocenters. The molecule has 0 bridgehead atoms. The van der Waals surface area contributed by atoms with Gasteiger partial charge in [-0.05, 0) is 66.6 Å². The lowest BCUT2D eigenvalue weighted by Crippen LogP contribution is -2.38. The van der Waals surface area contributed by atoms with E-state index >= 15 is 0 Å². The molecule has 1 aliphatic heterocycles. The standard InChI is InChI=1S/C20H21N3O3/c24-18(22-26)16-1-2-17-12-20(6-3-15(17)11-16)7-10-23(19(20)25)13-14-4-8-21-9-5-14/h1-2,4-5,8-9,11,26H,3,6-7,10,12-13H2,(H,22,24)/t20-/m0/s1. The second kappa shape index (κ2) is 6.53. The molecule has 1 aromatic carbocycles. The summed E-state index contributed by atoms with van der Waals surface area (Å²) in [5.41, 5.74) is 5.12. The van der Waals surface area contributed by atoms with Gasteiger partial charge in [0.05, 0.1) is 5.41 Å². The molecule has 2 aromatic rings. The van der Waals surface area contributed by atoms with Crippen molar-refractivity contribution in [1.82, 2.24) is 15.4 Å². The van der Waals surface area contributed by atoms with E-state index in [-0.39, 0.29) is 11.3 Å². The molecule has 1 aliphatic carbocycles. The van der Waals surface area contributed by atoms with E-state index in [4.69, 9.17) is 5.21 Å². The molecular weight excluding hydrogens is 330 g/mol. The van der Waals surface area contributed by atoms with Crippen molar-refractivity contribution in [2.24, 2.45) is 5.41 Å². The Morgan fingerprint density at radius 3 is 2.77 bits per heavy atom. The number of nitrogens with zero attached hydrogens (tertiary/aromatic N) is 2. The second-order valence-corrected chi connectivity index (χ2v) is 7.21. The highest BCUT2D eigenvalue weighted by Crippen LogP contribution is 2.44. The van der Waals surface area contributed by atoms with Gasteiger partial charge in [-0.1, -0.05) is 6.07 Å². The summed E-state index contributed by atoms with van der Waals surface area (Å²) < 4.78 is 0. The minimum Gasteiger partial charge on any atom is -0.338 e. The molecule has 26 heavy (non-hydrogen) atoms. The minimum atomic E-state index is -0.506. The van der Waals surface area contributed by atoms with Crippen LogP contribution in [0, 0.1) is 5.41 Å².